The maximum absolute atomic E-state index is 11.7. The summed E-state index contributed by atoms with van der Waals surface area (Å²) in [6.07, 6.45) is 2.08. The van der Waals surface area contributed by atoms with Crippen molar-refractivity contribution in [1.29, 1.82) is 0 Å². The first-order valence-corrected chi connectivity index (χ1v) is 7.71. The SMILES string of the molecule is Cc1ccccc1C1=NO[C@@H](CC2(C(=O)O)CCOCC2)C1. The molecule has 2 heterocycles. The van der Waals surface area contributed by atoms with E-state index in [1.807, 2.05) is 31.2 Å². The summed E-state index contributed by atoms with van der Waals surface area (Å²) in [5.41, 5.74) is 2.42. The molecule has 0 amide bonds. The van der Waals surface area contributed by atoms with E-state index in [2.05, 4.69) is 5.16 Å². The van der Waals surface area contributed by atoms with E-state index in [1.165, 1.54) is 0 Å². The van der Waals surface area contributed by atoms with Crippen LogP contribution in [0.15, 0.2) is 29.4 Å². The second-order valence-corrected chi connectivity index (χ2v) is 6.19. The molecule has 0 saturated carbocycles. The van der Waals surface area contributed by atoms with Crippen LogP contribution < -0.4 is 0 Å². The monoisotopic (exact) mass is 303 g/mol. The minimum Gasteiger partial charge on any atom is -0.481 e. The molecule has 5 heteroatoms. The molecule has 5 nitrogen and oxygen atoms in total. The lowest BCUT2D eigenvalue weighted by atomic mass is 9.75. The summed E-state index contributed by atoms with van der Waals surface area (Å²) in [5.74, 6) is -0.747. The minimum atomic E-state index is -0.747. The Labute approximate surface area is 129 Å². The van der Waals surface area contributed by atoms with Crippen LogP contribution in [0.2, 0.25) is 0 Å². The van der Waals surface area contributed by atoms with E-state index < -0.39 is 11.4 Å². The summed E-state index contributed by atoms with van der Waals surface area (Å²) >= 11 is 0. The zero-order valence-corrected chi connectivity index (χ0v) is 12.7. The molecule has 0 unspecified atom stereocenters. The molecule has 0 aromatic heterocycles. The van der Waals surface area contributed by atoms with Gasteiger partial charge in [-0.1, -0.05) is 29.4 Å². The van der Waals surface area contributed by atoms with Crippen LogP contribution in [0, 0.1) is 12.3 Å². The van der Waals surface area contributed by atoms with E-state index in [9.17, 15) is 9.90 Å². The summed E-state index contributed by atoms with van der Waals surface area (Å²) in [6.45, 7) is 3.05. The fourth-order valence-electron chi connectivity index (χ4n) is 3.30. The highest BCUT2D eigenvalue weighted by atomic mass is 16.6. The van der Waals surface area contributed by atoms with Gasteiger partial charge in [-0.25, -0.2) is 0 Å². The molecular weight excluding hydrogens is 282 g/mol. The van der Waals surface area contributed by atoms with Crippen molar-refractivity contribution in [2.75, 3.05) is 13.2 Å². The van der Waals surface area contributed by atoms with Crippen molar-refractivity contribution in [2.24, 2.45) is 10.6 Å². The van der Waals surface area contributed by atoms with Crippen molar-refractivity contribution in [1.82, 2.24) is 0 Å². The molecule has 2 aliphatic rings. The summed E-state index contributed by atoms with van der Waals surface area (Å²) in [5, 5.41) is 13.8. The van der Waals surface area contributed by atoms with Crippen LogP contribution in [0.1, 0.15) is 36.8 Å². The van der Waals surface area contributed by atoms with Gasteiger partial charge in [0.2, 0.25) is 0 Å². The van der Waals surface area contributed by atoms with E-state index >= 15 is 0 Å². The highest BCUT2D eigenvalue weighted by Gasteiger charge is 2.43. The average Bonchev–Trinajstić information content (AvgIpc) is 2.96. The zero-order chi connectivity index (χ0) is 15.6. The first-order valence-electron chi connectivity index (χ1n) is 7.71. The van der Waals surface area contributed by atoms with Gasteiger partial charge < -0.3 is 14.7 Å². The first-order chi connectivity index (χ1) is 10.6. The van der Waals surface area contributed by atoms with Gasteiger partial charge in [0, 0.05) is 31.6 Å². The second-order valence-electron chi connectivity index (χ2n) is 6.19. The van der Waals surface area contributed by atoms with Crippen LogP contribution in [0.3, 0.4) is 0 Å². The number of oxime groups is 1. The molecule has 1 aromatic rings. The minimum absolute atomic E-state index is 0.163. The molecule has 1 aromatic carbocycles. The van der Waals surface area contributed by atoms with E-state index in [-0.39, 0.29) is 6.10 Å². The number of rotatable bonds is 4. The summed E-state index contributed by atoms with van der Waals surface area (Å²) in [7, 11) is 0. The van der Waals surface area contributed by atoms with E-state index in [4.69, 9.17) is 9.57 Å². The molecule has 3 rings (SSSR count). The number of benzene rings is 1. The molecule has 1 atom stereocenters. The molecule has 1 saturated heterocycles. The van der Waals surface area contributed by atoms with Crippen molar-refractivity contribution >= 4 is 11.7 Å². The van der Waals surface area contributed by atoms with Gasteiger partial charge in [-0.15, -0.1) is 0 Å². The van der Waals surface area contributed by atoms with Gasteiger partial charge in [0.15, 0.2) is 0 Å². The van der Waals surface area contributed by atoms with Gasteiger partial charge >= 0.3 is 5.97 Å². The fourth-order valence-corrected chi connectivity index (χ4v) is 3.30. The van der Waals surface area contributed by atoms with Crippen LogP contribution in [-0.4, -0.2) is 36.1 Å². The fraction of sp³-hybridized carbons (Fsp3) is 0.529. The Morgan fingerprint density at radius 2 is 2.09 bits per heavy atom. The average molecular weight is 303 g/mol. The second kappa shape index (κ2) is 6.08. The Bertz CT molecular complexity index is 590. The van der Waals surface area contributed by atoms with E-state index in [0.717, 1.165) is 16.8 Å². The van der Waals surface area contributed by atoms with Gasteiger partial charge in [0.25, 0.3) is 0 Å². The normalized spacial score (nSPS) is 23.7. The van der Waals surface area contributed by atoms with Crippen LogP contribution >= 0.6 is 0 Å². The van der Waals surface area contributed by atoms with Gasteiger partial charge in [-0.3, -0.25) is 4.79 Å². The molecule has 0 bridgehead atoms. The molecule has 1 fully saturated rings. The molecule has 0 aliphatic carbocycles. The number of aliphatic carboxylic acids is 1. The van der Waals surface area contributed by atoms with Crippen LogP contribution in [0.25, 0.3) is 0 Å². The smallest absolute Gasteiger partial charge is 0.309 e. The number of carbonyl (C=O) groups is 1. The Morgan fingerprint density at radius 1 is 1.36 bits per heavy atom. The third-order valence-corrected chi connectivity index (χ3v) is 4.71. The van der Waals surface area contributed by atoms with Gasteiger partial charge in [0.1, 0.15) is 6.10 Å². The maximum atomic E-state index is 11.7. The lowest BCUT2D eigenvalue weighted by Gasteiger charge is -2.34. The number of hydrogen-bond donors (Lipinski definition) is 1. The number of carboxylic acids is 1. The topological polar surface area (TPSA) is 68.1 Å². The number of carboxylic acid groups (broad SMARTS) is 1. The Kier molecular flexibility index (Phi) is 4.16. The molecule has 2 aliphatic heterocycles. The molecule has 0 spiro atoms. The summed E-state index contributed by atoms with van der Waals surface area (Å²) < 4.78 is 5.31. The molecule has 118 valence electrons. The summed E-state index contributed by atoms with van der Waals surface area (Å²) in [4.78, 5) is 17.3. The van der Waals surface area contributed by atoms with Gasteiger partial charge in [-0.2, -0.15) is 0 Å². The highest BCUT2D eigenvalue weighted by Crippen LogP contribution is 2.38. The van der Waals surface area contributed by atoms with E-state index in [0.29, 0.717) is 38.9 Å². The quantitative estimate of drug-likeness (QED) is 0.928. The molecular formula is C17H21NO4. The Morgan fingerprint density at radius 3 is 2.77 bits per heavy atom. The van der Waals surface area contributed by atoms with Crippen molar-refractivity contribution in [2.45, 2.75) is 38.7 Å². The number of ether oxygens (including phenoxy) is 1. The van der Waals surface area contributed by atoms with E-state index in [1.54, 1.807) is 0 Å². The third-order valence-electron chi connectivity index (χ3n) is 4.71. The number of aryl methyl sites for hydroxylation is 1. The predicted molar refractivity (Wildman–Crippen MR) is 81.9 cm³/mol. The van der Waals surface area contributed by atoms with Crippen LogP contribution in [0.5, 0.6) is 0 Å². The van der Waals surface area contributed by atoms with Crippen LogP contribution in [0.4, 0.5) is 0 Å². The first kappa shape index (κ1) is 15.0. The van der Waals surface area contributed by atoms with Crippen molar-refractivity contribution in [3.05, 3.63) is 35.4 Å². The zero-order valence-electron chi connectivity index (χ0n) is 12.7. The summed E-state index contributed by atoms with van der Waals surface area (Å²) in [6, 6.07) is 8.05. The Hall–Kier alpha value is -1.88. The molecule has 1 N–H and O–H groups in total. The molecule has 0 radical (unpaired) electrons. The standard InChI is InChI=1S/C17H21NO4/c1-12-4-2-3-5-14(12)15-10-13(22-18-15)11-17(16(19)20)6-8-21-9-7-17/h2-5,13H,6-11H2,1H3,(H,19,20)/t13-/m1/s1. The van der Waals surface area contributed by atoms with Crippen molar-refractivity contribution < 1.29 is 19.5 Å². The lowest BCUT2D eigenvalue weighted by molar-refractivity contribution is -0.158. The van der Waals surface area contributed by atoms with Gasteiger partial charge in [0.05, 0.1) is 11.1 Å². The number of hydrogen-bond acceptors (Lipinski definition) is 4. The largest absolute Gasteiger partial charge is 0.481 e. The molecule has 22 heavy (non-hydrogen) atoms. The Balaban J connectivity index is 1.69. The van der Waals surface area contributed by atoms with Crippen LogP contribution in [-0.2, 0) is 14.4 Å². The maximum Gasteiger partial charge on any atom is 0.309 e. The third kappa shape index (κ3) is 2.86. The van der Waals surface area contributed by atoms with Gasteiger partial charge in [-0.05, 0) is 25.3 Å². The van der Waals surface area contributed by atoms with Crippen molar-refractivity contribution in [3.8, 4) is 0 Å². The number of nitrogens with zero attached hydrogens (tertiary/aromatic N) is 1. The van der Waals surface area contributed by atoms with Crippen molar-refractivity contribution in [3.63, 3.8) is 0 Å². The highest BCUT2D eigenvalue weighted by molar-refractivity contribution is 6.02. The lowest BCUT2D eigenvalue weighted by Crippen LogP contribution is -2.40. The predicted octanol–water partition coefficient (Wildman–Crippen LogP) is 2.76.